The molecule has 1 fully saturated rings. The van der Waals surface area contributed by atoms with E-state index in [1.54, 1.807) is 17.4 Å². The fourth-order valence-corrected chi connectivity index (χ4v) is 5.69. The highest BCUT2D eigenvalue weighted by molar-refractivity contribution is 7.09. The number of nitrogens with zero attached hydrogens (tertiary/aromatic N) is 2. The second-order valence-electron chi connectivity index (χ2n) is 9.73. The molecular weight excluding hydrogens is 469 g/mol. The topological polar surface area (TPSA) is 23.6 Å². The summed E-state index contributed by atoms with van der Waals surface area (Å²) in [5, 5.41) is 2.04. The zero-order valence-electron chi connectivity index (χ0n) is 20.0. The molecule has 1 saturated heterocycles. The van der Waals surface area contributed by atoms with Crippen molar-refractivity contribution in [2.24, 2.45) is 11.8 Å². The molecule has 2 unspecified atom stereocenters. The van der Waals surface area contributed by atoms with Gasteiger partial charge in [0, 0.05) is 49.1 Å². The first-order valence-corrected chi connectivity index (χ1v) is 12.8. The predicted octanol–water partition coefficient (Wildman–Crippen LogP) is 6.78. The molecule has 1 aliphatic rings. The minimum Gasteiger partial charge on any atom is -0.338 e. The molecule has 0 aliphatic carbocycles. The summed E-state index contributed by atoms with van der Waals surface area (Å²) in [6, 6.07) is 19.0. The molecule has 0 saturated carbocycles. The quantitative estimate of drug-likeness (QED) is 0.340. The lowest BCUT2D eigenvalue weighted by atomic mass is 9.87. The van der Waals surface area contributed by atoms with E-state index in [-0.39, 0.29) is 23.7 Å². The Hall–Kier alpha value is -2.64. The molecule has 35 heavy (non-hydrogen) atoms. The molecule has 4 rings (SSSR count). The molecule has 0 spiro atoms. The number of amides is 1. The van der Waals surface area contributed by atoms with E-state index in [0.717, 1.165) is 19.2 Å². The van der Waals surface area contributed by atoms with Gasteiger partial charge >= 0.3 is 6.18 Å². The van der Waals surface area contributed by atoms with Crippen LogP contribution < -0.4 is 0 Å². The summed E-state index contributed by atoms with van der Waals surface area (Å²) >= 11 is 1.68. The van der Waals surface area contributed by atoms with E-state index < -0.39 is 11.7 Å². The summed E-state index contributed by atoms with van der Waals surface area (Å²) in [4.78, 5) is 18.8. The maximum Gasteiger partial charge on any atom is 0.416 e. The van der Waals surface area contributed by atoms with Crippen LogP contribution in [0.2, 0.25) is 0 Å². The molecular formula is C28H31F3N2OS. The number of thiophene rings is 1. The Bertz CT molecular complexity index is 1100. The van der Waals surface area contributed by atoms with E-state index in [4.69, 9.17) is 0 Å². The van der Waals surface area contributed by atoms with Crippen molar-refractivity contribution < 1.29 is 18.0 Å². The number of carbonyl (C=O) groups excluding carboxylic acids is 1. The van der Waals surface area contributed by atoms with Gasteiger partial charge in [-0.2, -0.15) is 13.2 Å². The Morgan fingerprint density at radius 3 is 2.49 bits per heavy atom. The monoisotopic (exact) mass is 500 g/mol. The normalized spacial score (nSPS) is 18.8. The van der Waals surface area contributed by atoms with Gasteiger partial charge in [-0.15, -0.1) is 11.3 Å². The van der Waals surface area contributed by atoms with Crippen LogP contribution in [0.25, 0.3) is 0 Å². The summed E-state index contributed by atoms with van der Waals surface area (Å²) < 4.78 is 40.4. The number of hydrogen-bond donors (Lipinski definition) is 0. The number of halogens is 3. The molecule has 2 aromatic carbocycles. The molecule has 1 amide bonds. The zero-order chi connectivity index (χ0) is 25.0. The summed E-state index contributed by atoms with van der Waals surface area (Å²) in [5.41, 5.74) is 0.706. The molecule has 3 nitrogen and oxygen atoms in total. The van der Waals surface area contributed by atoms with Crippen LogP contribution in [0.5, 0.6) is 0 Å². The highest BCUT2D eigenvalue weighted by atomic mass is 32.1. The van der Waals surface area contributed by atoms with Crippen molar-refractivity contribution in [2.75, 3.05) is 26.2 Å². The number of benzene rings is 2. The van der Waals surface area contributed by atoms with Crippen molar-refractivity contribution in [3.63, 3.8) is 0 Å². The highest BCUT2D eigenvalue weighted by Crippen LogP contribution is 2.38. The molecule has 0 N–H and O–H groups in total. The predicted molar refractivity (Wildman–Crippen MR) is 134 cm³/mol. The first-order chi connectivity index (χ1) is 16.7. The molecule has 2 heterocycles. The molecule has 0 bridgehead atoms. The van der Waals surface area contributed by atoms with Crippen LogP contribution in [-0.4, -0.2) is 41.9 Å². The Balaban J connectivity index is 1.62. The van der Waals surface area contributed by atoms with E-state index in [9.17, 15) is 18.0 Å². The average Bonchev–Trinajstić information content (AvgIpc) is 3.48. The summed E-state index contributed by atoms with van der Waals surface area (Å²) in [6.45, 7) is 7.42. The third kappa shape index (κ3) is 6.53. The smallest absolute Gasteiger partial charge is 0.338 e. The van der Waals surface area contributed by atoms with Crippen LogP contribution in [0.4, 0.5) is 13.2 Å². The van der Waals surface area contributed by atoms with Crippen LogP contribution in [0.15, 0.2) is 72.1 Å². The highest BCUT2D eigenvalue weighted by Gasteiger charge is 2.38. The minimum atomic E-state index is -4.38. The van der Waals surface area contributed by atoms with Gasteiger partial charge < -0.3 is 4.90 Å². The van der Waals surface area contributed by atoms with E-state index in [1.807, 2.05) is 46.7 Å². The van der Waals surface area contributed by atoms with Crippen LogP contribution in [0.1, 0.15) is 46.1 Å². The van der Waals surface area contributed by atoms with Crippen molar-refractivity contribution in [3.05, 3.63) is 93.7 Å². The molecule has 1 aliphatic heterocycles. The third-order valence-electron chi connectivity index (χ3n) is 6.47. The number of likely N-dealkylation sites (tertiary alicyclic amines) is 1. The lowest BCUT2D eigenvalue weighted by Gasteiger charge is -2.30. The molecule has 1 aromatic heterocycles. The van der Waals surface area contributed by atoms with Crippen LogP contribution in [-0.2, 0) is 12.7 Å². The van der Waals surface area contributed by atoms with Crippen LogP contribution in [0, 0.1) is 11.8 Å². The Morgan fingerprint density at radius 1 is 1.06 bits per heavy atom. The maximum atomic E-state index is 13.5. The van der Waals surface area contributed by atoms with Crippen LogP contribution in [0.3, 0.4) is 0 Å². The van der Waals surface area contributed by atoms with Crippen molar-refractivity contribution in [1.82, 2.24) is 9.80 Å². The van der Waals surface area contributed by atoms with Gasteiger partial charge in [-0.3, -0.25) is 9.69 Å². The molecule has 3 aromatic rings. The van der Waals surface area contributed by atoms with Gasteiger partial charge in [0.2, 0.25) is 0 Å². The fraction of sp³-hybridized carbons (Fsp3) is 0.393. The van der Waals surface area contributed by atoms with E-state index in [1.165, 1.54) is 17.0 Å². The molecule has 186 valence electrons. The van der Waals surface area contributed by atoms with Gasteiger partial charge in [-0.05, 0) is 47.0 Å². The van der Waals surface area contributed by atoms with E-state index >= 15 is 0 Å². The lowest BCUT2D eigenvalue weighted by molar-refractivity contribution is -0.137. The third-order valence-corrected chi connectivity index (χ3v) is 7.33. The van der Waals surface area contributed by atoms with Crippen molar-refractivity contribution >= 4 is 17.2 Å². The van der Waals surface area contributed by atoms with E-state index in [2.05, 4.69) is 24.8 Å². The molecule has 7 heteroatoms. The minimum absolute atomic E-state index is 0.0289. The van der Waals surface area contributed by atoms with E-state index in [0.29, 0.717) is 30.8 Å². The lowest BCUT2D eigenvalue weighted by Crippen LogP contribution is -2.39. The van der Waals surface area contributed by atoms with Crippen LogP contribution >= 0.6 is 11.3 Å². The molecule has 2 atom stereocenters. The van der Waals surface area contributed by atoms with Crippen molar-refractivity contribution in [3.8, 4) is 0 Å². The second kappa shape index (κ2) is 11.0. The largest absolute Gasteiger partial charge is 0.416 e. The zero-order valence-corrected chi connectivity index (χ0v) is 20.9. The maximum absolute atomic E-state index is 13.5. The van der Waals surface area contributed by atoms with Gasteiger partial charge in [0.25, 0.3) is 5.91 Å². The molecule has 0 radical (unpaired) electrons. The van der Waals surface area contributed by atoms with Crippen molar-refractivity contribution in [1.29, 1.82) is 0 Å². The standard InChI is InChI=1S/C28H31F3N2OS/c1-20(2)15-33(27(34)21-8-4-3-5-9-21)17-23-16-32(18-25-12-7-13-35-25)19-26(23)22-10-6-11-24(14-22)28(29,30)31/h3-14,20,23,26H,15-19H2,1-2H3. The number of carbonyl (C=O) groups is 1. The SMILES string of the molecule is CC(C)CN(CC1CN(Cc2cccs2)CC1c1cccc(C(F)(F)F)c1)C(=O)c1ccccc1. The van der Waals surface area contributed by atoms with Crippen molar-refractivity contribution in [2.45, 2.75) is 32.5 Å². The second-order valence-corrected chi connectivity index (χ2v) is 10.8. The summed E-state index contributed by atoms with van der Waals surface area (Å²) in [7, 11) is 0. The fourth-order valence-electron chi connectivity index (χ4n) is 4.95. The van der Waals surface area contributed by atoms with Gasteiger partial charge in [-0.25, -0.2) is 0 Å². The average molecular weight is 501 g/mol. The summed E-state index contributed by atoms with van der Waals surface area (Å²) in [5.74, 6) is 0.192. The number of rotatable bonds is 8. The Kier molecular flexibility index (Phi) is 7.97. The first-order valence-electron chi connectivity index (χ1n) is 12.0. The number of alkyl halides is 3. The summed E-state index contributed by atoms with van der Waals surface area (Å²) in [6.07, 6.45) is -4.38. The van der Waals surface area contributed by atoms with Gasteiger partial charge in [0.1, 0.15) is 0 Å². The Labute approximate surface area is 209 Å². The van der Waals surface area contributed by atoms with Gasteiger partial charge in [0.15, 0.2) is 0 Å². The Morgan fingerprint density at radius 2 is 1.83 bits per heavy atom. The van der Waals surface area contributed by atoms with Gasteiger partial charge in [-0.1, -0.05) is 56.3 Å². The first kappa shape index (κ1) is 25.5. The number of hydrogen-bond acceptors (Lipinski definition) is 3. The van der Waals surface area contributed by atoms with Gasteiger partial charge in [0.05, 0.1) is 5.56 Å².